The highest BCUT2D eigenvalue weighted by Gasteiger charge is 2.35. The molecule has 0 heterocycles. The summed E-state index contributed by atoms with van der Waals surface area (Å²) in [6, 6.07) is -0.0241. The molecule has 0 saturated heterocycles. The summed E-state index contributed by atoms with van der Waals surface area (Å²) in [5, 5.41) is 3.07. The van der Waals surface area contributed by atoms with Crippen molar-refractivity contribution in [2.24, 2.45) is 16.6 Å². The van der Waals surface area contributed by atoms with Gasteiger partial charge in [0, 0.05) is 19.0 Å². The van der Waals surface area contributed by atoms with E-state index in [1.54, 1.807) is 0 Å². The molecule has 18 heavy (non-hydrogen) atoms. The zero-order chi connectivity index (χ0) is 13.8. The van der Waals surface area contributed by atoms with Gasteiger partial charge in [0.05, 0.1) is 0 Å². The number of carbonyl (C=O) groups is 1. The number of carbonyl (C=O) groups excluding carboxylic acids is 1. The van der Waals surface area contributed by atoms with E-state index in [0.717, 1.165) is 13.0 Å². The van der Waals surface area contributed by atoms with Crippen LogP contribution in [0.4, 0.5) is 0 Å². The van der Waals surface area contributed by atoms with Crippen LogP contribution >= 0.6 is 0 Å². The van der Waals surface area contributed by atoms with Gasteiger partial charge in [-0.05, 0) is 36.5 Å². The molecular weight excluding hydrogens is 224 g/mol. The Morgan fingerprint density at radius 1 is 1.39 bits per heavy atom. The molecule has 1 saturated carbocycles. The first-order valence-electron chi connectivity index (χ1n) is 7.29. The summed E-state index contributed by atoms with van der Waals surface area (Å²) in [6.07, 6.45) is 6.35. The van der Waals surface area contributed by atoms with Gasteiger partial charge in [0.2, 0.25) is 5.91 Å². The highest BCUT2D eigenvalue weighted by Crippen LogP contribution is 2.43. The average Bonchev–Trinajstić information content (AvgIpc) is 2.13. The van der Waals surface area contributed by atoms with Crippen molar-refractivity contribution in [3.05, 3.63) is 0 Å². The predicted molar refractivity (Wildman–Crippen MR) is 76.2 cm³/mol. The molecule has 3 N–H and O–H groups in total. The fourth-order valence-electron chi connectivity index (χ4n) is 2.79. The smallest absolute Gasteiger partial charge is 0.221 e. The lowest BCUT2D eigenvalue weighted by Crippen LogP contribution is -2.43. The van der Waals surface area contributed by atoms with E-state index in [4.69, 9.17) is 5.73 Å². The molecule has 0 aromatic heterocycles. The summed E-state index contributed by atoms with van der Waals surface area (Å²) in [5.41, 5.74) is 6.60. The molecule has 1 aliphatic rings. The third-order valence-electron chi connectivity index (χ3n) is 4.15. The van der Waals surface area contributed by atoms with Gasteiger partial charge in [0.1, 0.15) is 0 Å². The van der Waals surface area contributed by atoms with Crippen molar-refractivity contribution in [1.82, 2.24) is 5.32 Å². The average molecular weight is 254 g/mol. The quantitative estimate of drug-likeness (QED) is 0.766. The SMILES string of the molecule is CCC1(CNC(=O)CC(N)CC(C)(C)C)CCC1. The molecule has 0 aromatic rings. The Morgan fingerprint density at radius 3 is 2.39 bits per heavy atom. The summed E-state index contributed by atoms with van der Waals surface area (Å²) in [6.45, 7) is 9.53. The third-order valence-corrected chi connectivity index (χ3v) is 4.15. The number of amides is 1. The first-order valence-corrected chi connectivity index (χ1v) is 7.29. The lowest BCUT2D eigenvalue weighted by atomic mass is 9.67. The molecule has 1 atom stereocenters. The van der Waals surface area contributed by atoms with Gasteiger partial charge >= 0.3 is 0 Å². The van der Waals surface area contributed by atoms with Crippen molar-refractivity contribution in [3.63, 3.8) is 0 Å². The number of hydrogen-bond acceptors (Lipinski definition) is 2. The largest absolute Gasteiger partial charge is 0.355 e. The van der Waals surface area contributed by atoms with Crippen LogP contribution in [-0.2, 0) is 4.79 Å². The molecule has 1 amide bonds. The minimum Gasteiger partial charge on any atom is -0.355 e. The predicted octanol–water partition coefficient (Wildman–Crippen LogP) is 2.84. The molecule has 0 aliphatic heterocycles. The Morgan fingerprint density at radius 2 is 2.00 bits per heavy atom. The molecule has 0 aromatic carbocycles. The summed E-state index contributed by atoms with van der Waals surface area (Å²) in [4.78, 5) is 11.9. The van der Waals surface area contributed by atoms with Gasteiger partial charge in [-0.2, -0.15) is 0 Å². The van der Waals surface area contributed by atoms with Gasteiger partial charge in [-0.25, -0.2) is 0 Å². The molecule has 1 unspecified atom stereocenters. The molecular formula is C15H30N2O. The highest BCUT2D eigenvalue weighted by molar-refractivity contribution is 5.76. The lowest BCUT2D eigenvalue weighted by molar-refractivity contribution is -0.122. The minimum absolute atomic E-state index is 0.0241. The van der Waals surface area contributed by atoms with Crippen molar-refractivity contribution in [2.45, 2.75) is 72.3 Å². The summed E-state index contributed by atoms with van der Waals surface area (Å²) < 4.78 is 0. The number of nitrogens with one attached hydrogen (secondary N) is 1. The lowest BCUT2D eigenvalue weighted by Gasteiger charge is -2.41. The maximum absolute atomic E-state index is 11.9. The van der Waals surface area contributed by atoms with Crippen LogP contribution in [0.1, 0.15) is 66.2 Å². The zero-order valence-corrected chi connectivity index (χ0v) is 12.5. The van der Waals surface area contributed by atoms with Crippen molar-refractivity contribution in [2.75, 3.05) is 6.54 Å². The van der Waals surface area contributed by atoms with Crippen LogP contribution in [0.2, 0.25) is 0 Å². The van der Waals surface area contributed by atoms with Crippen molar-refractivity contribution < 1.29 is 4.79 Å². The van der Waals surface area contributed by atoms with E-state index in [0.29, 0.717) is 11.8 Å². The molecule has 1 fully saturated rings. The molecule has 1 aliphatic carbocycles. The monoisotopic (exact) mass is 254 g/mol. The Labute approximate surface area is 112 Å². The zero-order valence-electron chi connectivity index (χ0n) is 12.5. The van der Waals surface area contributed by atoms with Crippen LogP contribution in [0.5, 0.6) is 0 Å². The van der Waals surface area contributed by atoms with E-state index in [2.05, 4.69) is 33.0 Å². The Bertz CT molecular complexity index is 271. The van der Waals surface area contributed by atoms with Crippen molar-refractivity contribution in [3.8, 4) is 0 Å². The topological polar surface area (TPSA) is 55.1 Å². The van der Waals surface area contributed by atoms with Crippen LogP contribution in [-0.4, -0.2) is 18.5 Å². The Kier molecular flexibility index (Phi) is 5.20. The molecule has 0 spiro atoms. The third kappa shape index (κ3) is 4.97. The van der Waals surface area contributed by atoms with Gasteiger partial charge in [0.25, 0.3) is 0 Å². The van der Waals surface area contributed by atoms with Crippen LogP contribution in [0, 0.1) is 10.8 Å². The van der Waals surface area contributed by atoms with Crippen LogP contribution in [0.15, 0.2) is 0 Å². The summed E-state index contributed by atoms with van der Waals surface area (Å²) >= 11 is 0. The highest BCUT2D eigenvalue weighted by atomic mass is 16.1. The van der Waals surface area contributed by atoms with E-state index in [1.807, 2.05) is 0 Å². The molecule has 3 nitrogen and oxygen atoms in total. The number of rotatable bonds is 6. The maximum atomic E-state index is 11.9. The second-order valence-corrected chi connectivity index (χ2v) is 7.21. The van der Waals surface area contributed by atoms with Crippen LogP contribution < -0.4 is 11.1 Å². The van der Waals surface area contributed by atoms with Gasteiger partial charge in [0.15, 0.2) is 0 Å². The van der Waals surface area contributed by atoms with E-state index in [-0.39, 0.29) is 17.4 Å². The fourth-order valence-corrected chi connectivity index (χ4v) is 2.79. The first-order chi connectivity index (χ1) is 8.26. The molecule has 1 rings (SSSR count). The van der Waals surface area contributed by atoms with E-state index < -0.39 is 0 Å². The standard InChI is InChI=1S/C15H30N2O/c1-5-15(7-6-8-15)11-17-13(18)9-12(16)10-14(2,3)4/h12H,5-11,16H2,1-4H3,(H,17,18). The molecule has 3 heteroatoms. The van der Waals surface area contributed by atoms with Crippen LogP contribution in [0.25, 0.3) is 0 Å². The maximum Gasteiger partial charge on any atom is 0.221 e. The second-order valence-electron chi connectivity index (χ2n) is 7.21. The fraction of sp³-hybridized carbons (Fsp3) is 0.933. The summed E-state index contributed by atoms with van der Waals surface area (Å²) in [7, 11) is 0. The van der Waals surface area contributed by atoms with E-state index in [9.17, 15) is 4.79 Å². The summed E-state index contributed by atoms with van der Waals surface area (Å²) in [5.74, 6) is 0.117. The van der Waals surface area contributed by atoms with Gasteiger partial charge in [-0.15, -0.1) is 0 Å². The number of nitrogens with two attached hydrogens (primary N) is 1. The molecule has 106 valence electrons. The minimum atomic E-state index is -0.0241. The second kappa shape index (κ2) is 6.05. The van der Waals surface area contributed by atoms with Gasteiger partial charge < -0.3 is 11.1 Å². The normalized spacial score (nSPS) is 20.1. The van der Waals surface area contributed by atoms with Crippen LogP contribution in [0.3, 0.4) is 0 Å². The first kappa shape index (κ1) is 15.5. The Hall–Kier alpha value is -0.570. The number of hydrogen-bond donors (Lipinski definition) is 2. The Balaban J connectivity index is 2.25. The van der Waals surface area contributed by atoms with E-state index >= 15 is 0 Å². The van der Waals surface area contributed by atoms with Crippen molar-refractivity contribution >= 4 is 5.91 Å². The van der Waals surface area contributed by atoms with Crippen molar-refractivity contribution in [1.29, 1.82) is 0 Å². The molecule has 0 bridgehead atoms. The van der Waals surface area contributed by atoms with Gasteiger partial charge in [-0.1, -0.05) is 34.1 Å². The van der Waals surface area contributed by atoms with E-state index in [1.165, 1.54) is 25.7 Å². The van der Waals surface area contributed by atoms with Gasteiger partial charge in [-0.3, -0.25) is 4.79 Å². The molecule has 0 radical (unpaired) electrons.